The molecule has 1 aliphatic rings. The zero-order valence-corrected chi connectivity index (χ0v) is 15.5. The van der Waals surface area contributed by atoms with Gasteiger partial charge in [-0.1, -0.05) is 38.1 Å². The lowest BCUT2D eigenvalue weighted by Crippen LogP contribution is -2.36. The van der Waals surface area contributed by atoms with Gasteiger partial charge in [0.1, 0.15) is 0 Å². The van der Waals surface area contributed by atoms with E-state index < -0.39 is 0 Å². The Morgan fingerprint density at radius 1 is 1.19 bits per heavy atom. The number of aromatic nitrogens is 2. The van der Waals surface area contributed by atoms with Crippen LogP contribution in [-0.2, 0) is 17.8 Å². The number of fused-ring (bicyclic) bond motifs is 2. The van der Waals surface area contributed by atoms with Crippen molar-refractivity contribution in [3.63, 3.8) is 0 Å². The Balaban J connectivity index is 1.51. The third-order valence-electron chi connectivity index (χ3n) is 5.28. The van der Waals surface area contributed by atoms with E-state index in [2.05, 4.69) is 47.7 Å². The van der Waals surface area contributed by atoms with E-state index in [-0.39, 0.29) is 5.91 Å². The molecule has 0 saturated carbocycles. The summed E-state index contributed by atoms with van der Waals surface area (Å²) in [5.41, 5.74) is 5.82. The highest BCUT2D eigenvalue weighted by molar-refractivity contribution is 5.94. The SMILES string of the molecule is CC(C)c1ccc2c(c1)CCCN2C(=O)CCn1cnc2ccccc21. The van der Waals surface area contributed by atoms with Crippen LogP contribution in [0.1, 0.15) is 43.7 Å². The fourth-order valence-corrected chi connectivity index (χ4v) is 3.77. The van der Waals surface area contributed by atoms with Crippen molar-refractivity contribution in [2.75, 3.05) is 11.4 Å². The standard InChI is InChI=1S/C22H25N3O/c1-16(2)17-9-10-20-18(14-17)6-5-12-25(20)22(26)11-13-24-15-23-19-7-3-4-8-21(19)24/h3-4,7-10,14-16H,5-6,11-13H2,1-2H3. The lowest BCUT2D eigenvalue weighted by Gasteiger charge is -2.30. The zero-order valence-electron chi connectivity index (χ0n) is 15.5. The third kappa shape index (κ3) is 3.12. The van der Waals surface area contributed by atoms with Crippen molar-refractivity contribution < 1.29 is 4.79 Å². The molecule has 2 heterocycles. The first-order valence-corrected chi connectivity index (χ1v) is 9.46. The van der Waals surface area contributed by atoms with Crippen LogP contribution in [0.3, 0.4) is 0 Å². The fourth-order valence-electron chi connectivity index (χ4n) is 3.77. The molecule has 0 radical (unpaired) electrons. The van der Waals surface area contributed by atoms with Crippen LogP contribution in [0.5, 0.6) is 0 Å². The molecule has 0 aliphatic carbocycles. The summed E-state index contributed by atoms with van der Waals surface area (Å²) in [5.74, 6) is 0.710. The van der Waals surface area contributed by atoms with E-state index in [0.717, 1.165) is 36.1 Å². The smallest absolute Gasteiger partial charge is 0.228 e. The molecule has 1 aliphatic heterocycles. The summed E-state index contributed by atoms with van der Waals surface area (Å²) >= 11 is 0. The molecule has 0 N–H and O–H groups in total. The summed E-state index contributed by atoms with van der Waals surface area (Å²) in [6.07, 6.45) is 4.42. The Bertz CT molecular complexity index is 941. The van der Waals surface area contributed by atoms with Crippen LogP contribution in [0.25, 0.3) is 11.0 Å². The number of para-hydroxylation sites is 2. The van der Waals surface area contributed by atoms with Crippen molar-refractivity contribution in [1.82, 2.24) is 9.55 Å². The zero-order chi connectivity index (χ0) is 18.1. The Morgan fingerprint density at radius 3 is 2.88 bits per heavy atom. The number of carbonyl (C=O) groups is 1. The minimum Gasteiger partial charge on any atom is -0.330 e. The maximum absolute atomic E-state index is 12.9. The Hall–Kier alpha value is -2.62. The molecule has 1 amide bonds. The van der Waals surface area contributed by atoms with Gasteiger partial charge in [0.2, 0.25) is 5.91 Å². The van der Waals surface area contributed by atoms with Crippen molar-refractivity contribution in [2.24, 2.45) is 0 Å². The van der Waals surface area contributed by atoms with Crippen LogP contribution >= 0.6 is 0 Å². The van der Waals surface area contributed by atoms with Crippen LogP contribution in [0, 0.1) is 0 Å². The molecule has 4 heteroatoms. The van der Waals surface area contributed by atoms with E-state index >= 15 is 0 Å². The van der Waals surface area contributed by atoms with Gasteiger partial charge in [-0.25, -0.2) is 4.98 Å². The summed E-state index contributed by atoms with van der Waals surface area (Å²) in [4.78, 5) is 19.3. The molecule has 1 aromatic heterocycles. The van der Waals surface area contributed by atoms with E-state index in [4.69, 9.17) is 0 Å². The first-order valence-electron chi connectivity index (χ1n) is 9.46. The van der Waals surface area contributed by atoms with Crippen LogP contribution < -0.4 is 4.90 Å². The van der Waals surface area contributed by atoms with E-state index in [1.54, 1.807) is 0 Å². The van der Waals surface area contributed by atoms with Crippen molar-refractivity contribution in [3.8, 4) is 0 Å². The predicted octanol–water partition coefficient (Wildman–Crippen LogP) is 4.53. The Kier molecular flexibility index (Phi) is 4.49. The van der Waals surface area contributed by atoms with Crippen molar-refractivity contribution in [2.45, 2.75) is 45.6 Å². The van der Waals surface area contributed by atoms with Crippen LogP contribution in [-0.4, -0.2) is 22.0 Å². The average molecular weight is 347 g/mol. The second-order valence-corrected chi connectivity index (χ2v) is 7.37. The molecule has 0 bridgehead atoms. The molecular formula is C22H25N3O. The van der Waals surface area contributed by atoms with Gasteiger partial charge in [-0.05, 0) is 48.1 Å². The van der Waals surface area contributed by atoms with Gasteiger partial charge in [0.25, 0.3) is 0 Å². The average Bonchev–Trinajstić information content (AvgIpc) is 3.08. The maximum Gasteiger partial charge on any atom is 0.228 e. The quantitative estimate of drug-likeness (QED) is 0.695. The first kappa shape index (κ1) is 16.8. The second-order valence-electron chi connectivity index (χ2n) is 7.37. The second kappa shape index (κ2) is 6.94. The molecule has 0 unspecified atom stereocenters. The highest BCUT2D eigenvalue weighted by atomic mass is 16.2. The molecule has 26 heavy (non-hydrogen) atoms. The van der Waals surface area contributed by atoms with E-state index in [1.807, 2.05) is 29.4 Å². The number of anilines is 1. The number of carbonyl (C=O) groups excluding carboxylic acids is 1. The van der Waals surface area contributed by atoms with Gasteiger partial charge >= 0.3 is 0 Å². The number of benzene rings is 2. The number of imidazole rings is 1. The van der Waals surface area contributed by atoms with Gasteiger partial charge < -0.3 is 9.47 Å². The number of hydrogen-bond acceptors (Lipinski definition) is 2. The van der Waals surface area contributed by atoms with E-state index in [0.29, 0.717) is 18.9 Å². The molecular weight excluding hydrogens is 322 g/mol. The summed E-state index contributed by atoms with van der Waals surface area (Å²) in [6, 6.07) is 14.6. The monoisotopic (exact) mass is 347 g/mol. The van der Waals surface area contributed by atoms with Gasteiger partial charge in [0.15, 0.2) is 0 Å². The number of hydrogen-bond donors (Lipinski definition) is 0. The Labute approximate surface area is 154 Å². The fraction of sp³-hybridized carbons (Fsp3) is 0.364. The van der Waals surface area contributed by atoms with Gasteiger partial charge in [0.05, 0.1) is 17.4 Å². The molecule has 0 atom stereocenters. The molecule has 0 fully saturated rings. The van der Waals surface area contributed by atoms with Crippen LogP contribution in [0.15, 0.2) is 48.8 Å². The van der Waals surface area contributed by atoms with Crippen molar-refractivity contribution in [1.29, 1.82) is 0 Å². The summed E-state index contributed by atoms with van der Waals surface area (Å²) in [5, 5.41) is 0. The van der Waals surface area contributed by atoms with Gasteiger partial charge in [-0.3, -0.25) is 4.79 Å². The van der Waals surface area contributed by atoms with Crippen molar-refractivity contribution >= 4 is 22.6 Å². The largest absolute Gasteiger partial charge is 0.330 e. The van der Waals surface area contributed by atoms with Crippen LogP contribution in [0.2, 0.25) is 0 Å². The molecule has 0 spiro atoms. The van der Waals surface area contributed by atoms with E-state index in [9.17, 15) is 4.79 Å². The topological polar surface area (TPSA) is 38.1 Å². The number of nitrogens with zero attached hydrogens (tertiary/aromatic N) is 3. The normalized spacial score (nSPS) is 14.0. The predicted molar refractivity (Wildman–Crippen MR) is 106 cm³/mol. The maximum atomic E-state index is 12.9. The summed E-state index contributed by atoms with van der Waals surface area (Å²) in [7, 11) is 0. The van der Waals surface area contributed by atoms with Crippen molar-refractivity contribution in [3.05, 3.63) is 59.9 Å². The highest BCUT2D eigenvalue weighted by Crippen LogP contribution is 2.30. The van der Waals surface area contributed by atoms with Gasteiger partial charge in [0, 0.05) is 25.2 Å². The minimum atomic E-state index is 0.195. The third-order valence-corrected chi connectivity index (χ3v) is 5.28. The lowest BCUT2D eigenvalue weighted by molar-refractivity contribution is -0.118. The Morgan fingerprint density at radius 2 is 2.04 bits per heavy atom. The molecule has 0 saturated heterocycles. The van der Waals surface area contributed by atoms with Gasteiger partial charge in [-0.15, -0.1) is 0 Å². The molecule has 134 valence electrons. The first-order chi connectivity index (χ1) is 12.6. The molecule has 3 aromatic rings. The summed E-state index contributed by atoms with van der Waals surface area (Å²) < 4.78 is 2.07. The van der Waals surface area contributed by atoms with Gasteiger partial charge in [-0.2, -0.15) is 0 Å². The van der Waals surface area contributed by atoms with Crippen LogP contribution in [0.4, 0.5) is 5.69 Å². The lowest BCUT2D eigenvalue weighted by atomic mass is 9.94. The minimum absolute atomic E-state index is 0.195. The van der Waals surface area contributed by atoms with E-state index in [1.165, 1.54) is 11.1 Å². The molecule has 4 nitrogen and oxygen atoms in total. The number of aryl methyl sites for hydroxylation is 2. The number of amides is 1. The highest BCUT2D eigenvalue weighted by Gasteiger charge is 2.23. The number of rotatable bonds is 4. The molecule has 4 rings (SSSR count). The summed E-state index contributed by atoms with van der Waals surface area (Å²) in [6.45, 7) is 5.90. The molecule has 2 aromatic carbocycles.